The molecule has 1 fully saturated rings. The van der Waals surface area contributed by atoms with Crippen molar-refractivity contribution in [3.8, 4) is 0 Å². The molecule has 0 unspecified atom stereocenters. The Hall–Kier alpha value is -0.860. The van der Waals surface area contributed by atoms with Crippen molar-refractivity contribution in [2.75, 3.05) is 13.1 Å². The summed E-state index contributed by atoms with van der Waals surface area (Å²) in [5.41, 5.74) is 1.29. The van der Waals surface area contributed by atoms with Crippen LogP contribution in [-0.2, 0) is 11.3 Å². The van der Waals surface area contributed by atoms with Crippen molar-refractivity contribution < 1.29 is 4.79 Å². The van der Waals surface area contributed by atoms with Gasteiger partial charge in [0.05, 0.1) is 0 Å². The Labute approximate surface area is 120 Å². The molecule has 1 saturated heterocycles. The van der Waals surface area contributed by atoms with Gasteiger partial charge in [-0.1, -0.05) is 30.7 Å². The lowest BCUT2D eigenvalue weighted by atomic mass is 9.90. The van der Waals surface area contributed by atoms with E-state index in [9.17, 15) is 4.79 Å². The van der Waals surface area contributed by atoms with Crippen LogP contribution in [-0.4, -0.2) is 23.8 Å². The molecule has 104 valence electrons. The molecular weight excluding hydrogens is 258 g/mol. The highest BCUT2D eigenvalue weighted by Gasteiger charge is 2.23. The Morgan fingerprint density at radius 2 is 1.89 bits per heavy atom. The molecule has 0 bridgehead atoms. The molecule has 1 aliphatic heterocycles. The van der Waals surface area contributed by atoms with E-state index in [0.29, 0.717) is 11.7 Å². The molecule has 1 heterocycles. The van der Waals surface area contributed by atoms with Crippen molar-refractivity contribution >= 4 is 17.4 Å². The van der Waals surface area contributed by atoms with Crippen LogP contribution in [0.15, 0.2) is 24.3 Å². The zero-order valence-corrected chi connectivity index (χ0v) is 12.3. The van der Waals surface area contributed by atoms with Crippen LogP contribution in [0.25, 0.3) is 0 Å². The minimum atomic E-state index is 0.307. The van der Waals surface area contributed by atoms with Crippen molar-refractivity contribution in [1.29, 1.82) is 0 Å². The van der Waals surface area contributed by atoms with E-state index in [2.05, 4.69) is 24.0 Å². The van der Waals surface area contributed by atoms with Crippen molar-refractivity contribution in [1.82, 2.24) is 4.90 Å². The number of rotatable bonds is 5. The van der Waals surface area contributed by atoms with Gasteiger partial charge in [-0.25, -0.2) is 0 Å². The fraction of sp³-hybridized carbons (Fsp3) is 0.562. The molecule has 0 spiro atoms. The Balaban J connectivity index is 1.80. The number of likely N-dealkylation sites (tertiary alicyclic amines) is 1. The summed E-state index contributed by atoms with van der Waals surface area (Å²) in [6, 6.07) is 8.04. The zero-order chi connectivity index (χ0) is 13.7. The minimum Gasteiger partial charge on any atom is -0.299 e. The fourth-order valence-electron chi connectivity index (χ4n) is 2.71. The smallest absolute Gasteiger partial charge is 0.136 e. The Morgan fingerprint density at radius 3 is 2.47 bits per heavy atom. The molecule has 0 N–H and O–H groups in total. The molecule has 2 rings (SSSR count). The number of piperidine rings is 1. The van der Waals surface area contributed by atoms with Gasteiger partial charge in [-0.2, -0.15) is 0 Å². The summed E-state index contributed by atoms with van der Waals surface area (Å²) in [6.07, 6.45) is 3.77. The summed E-state index contributed by atoms with van der Waals surface area (Å²) in [7, 11) is 0. The van der Waals surface area contributed by atoms with Gasteiger partial charge < -0.3 is 0 Å². The highest BCUT2D eigenvalue weighted by Crippen LogP contribution is 2.21. The number of benzene rings is 1. The van der Waals surface area contributed by atoms with E-state index in [1.165, 1.54) is 5.56 Å². The van der Waals surface area contributed by atoms with Crippen LogP contribution in [0, 0.1) is 5.92 Å². The highest BCUT2D eigenvalue weighted by atomic mass is 35.5. The molecule has 19 heavy (non-hydrogen) atoms. The van der Waals surface area contributed by atoms with Crippen LogP contribution in [0.3, 0.4) is 0 Å². The predicted octanol–water partition coefficient (Wildman–Crippen LogP) is 3.92. The van der Waals surface area contributed by atoms with E-state index in [0.717, 1.165) is 50.3 Å². The van der Waals surface area contributed by atoms with Gasteiger partial charge >= 0.3 is 0 Å². The molecule has 1 aromatic rings. The maximum Gasteiger partial charge on any atom is 0.136 e. The SMILES string of the molecule is CCCC(=O)C1CCN(Cc2ccc(Cl)cc2)CC1. The largest absolute Gasteiger partial charge is 0.299 e. The third-order valence-electron chi connectivity index (χ3n) is 3.86. The number of halogens is 1. The lowest BCUT2D eigenvalue weighted by Crippen LogP contribution is -2.35. The lowest BCUT2D eigenvalue weighted by Gasteiger charge is -2.31. The molecule has 0 saturated carbocycles. The van der Waals surface area contributed by atoms with Crippen molar-refractivity contribution in [2.24, 2.45) is 5.92 Å². The van der Waals surface area contributed by atoms with Crippen LogP contribution in [0.2, 0.25) is 5.02 Å². The molecule has 0 amide bonds. The zero-order valence-electron chi connectivity index (χ0n) is 11.6. The van der Waals surface area contributed by atoms with Gasteiger partial charge in [-0.15, -0.1) is 0 Å². The summed E-state index contributed by atoms with van der Waals surface area (Å²) in [5.74, 6) is 0.773. The third-order valence-corrected chi connectivity index (χ3v) is 4.11. The molecule has 0 aromatic heterocycles. The van der Waals surface area contributed by atoms with Crippen LogP contribution >= 0.6 is 11.6 Å². The normalized spacial score (nSPS) is 17.6. The van der Waals surface area contributed by atoms with Gasteiger partial charge in [0.2, 0.25) is 0 Å². The number of hydrogen-bond donors (Lipinski definition) is 0. The van der Waals surface area contributed by atoms with Crippen molar-refractivity contribution in [2.45, 2.75) is 39.2 Å². The Kier molecular flexibility index (Phi) is 5.41. The average Bonchev–Trinajstić information content (AvgIpc) is 2.42. The number of carbonyl (C=O) groups excluding carboxylic acids is 1. The van der Waals surface area contributed by atoms with E-state index in [-0.39, 0.29) is 0 Å². The summed E-state index contributed by atoms with van der Waals surface area (Å²) in [5, 5.41) is 0.785. The molecule has 3 heteroatoms. The fourth-order valence-corrected chi connectivity index (χ4v) is 2.84. The topological polar surface area (TPSA) is 20.3 Å². The Morgan fingerprint density at radius 1 is 1.26 bits per heavy atom. The minimum absolute atomic E-state index is 0.307. The molecular formula is C16H22ClNO. The van der Waals surface area contributed by atoms with Gasteiger partial charge in [0.25, 0.3) is 0 Å². The maximum atomic E-state index is 11.9. The third kappa shape index (κ3) is 4.32. The number of ketones is 1. The molecule has 0 atom stereocenters. The second-order valence-corrected chi connectivity index (χ2v) is 5.83. The average molecular weight is 280 g/mol. The summed E-state index contributed by atoms with van der Waals surface area (Å²) in [6.45, 7) is 5.10. The highest BCUT2D eigenvalue weighted by molar-refractivity contribution is 6.30. The maximum absolute atomic E-state index is 11.9. The van der Waals surface area contributed by atoms with Crippen LogP contribution in [0.4, 0.5) is 0 Å². The number of hydrogen-bond acceptors (Lipinski definition) is 2. The van der Waals surface area contributed by atoms with E-state index < -0.39 is 0 Å². The number of nitrogens with zero attached hydrogens (tertiary/aromatic N) is 1. The Bertz CT molecular complexity index is 407. The van der Waals surface area contributed by atoms with Gasteiger partial charge in [-0.05, 0) is 50.0 Å². The molecule has 0 radical (unpaired) electrons. The van der Waals surface area contributed by atoms with Gasteiger partial charge in [0.15, 0.2) is 0 Å². The standard InChI is InChI=1S/C16H22ClNO/c1-2-3-16(19)14-8-10-18(11-9-14)12-13-4-6-15(17)7-5-13/h4-7,14H,2-3,8-12H2,1H3. The van der Waals surface area contributed by atoms with Gasteiger partial charge in [-0.3, -0.25) is 9.69 Å². The summed E-state index contributed by atoms with van der Waals surface area (Å²) in [4.78, 5) is 14.3. The molecule has 1 aliphatic rings. The van der Waals surface area contributed by atoms with Gasteiger partial charge in [0, 0.05) is 23.9 Å². The van der Waals surface area contributed by atoms with Crippen LogP contribution < -0.4 is 0 Å². The summed E-state index contributed by atoms with van der Waals surface area (Å²) >= 11 is 5.89. The summed E-state index contributed by atoms with van der Waals surface area (Å²) < 4.78 is 0. The van der Waals surface area contributed by atoms with E-state index in [1.807, 2.05) is 12.1 Å². The molecule has 1 aromatic carbocycles. The molecule has 0 aliphatic carbocycles. The van der Waals surface area contributed by atoms with Crippen LogP contribution in [0.1, 0.15) is 38.2 Å². The first-order valence-electron chi connectivity index (χ1n) is 7.18. The molecule has 2 nitrogen and oxygen atoms in total. The second-order valence-electron chi connectivity index (χ2n) is 5.39. The first-order valence-corrected chi connectivity index (χ1v) is 7.56. The first-order chi connectivity index (χ1) is 9.19. The number of carbonyl (C=O) groups is 1. The van der Waals surface area contributed by atoms with Crippen molar-refractivity contribution in [3.63, 3.8) is 0 Å². The van der Waals surface area contributed by atoms with Gasteiger partial charge in [0.1, 0.15) is 5.78 Å². The first kappa shape index (κ1) is 14.5. The van der Waals surface area contributed by atoms with Crippen LogP contribution in [0.5, 0.6) is 0 Å². The van der Waals surface area contributed by atoms with E-state index >= 15 is 0 Å². The second kappa shape index (κ2) is 7.06. The predicted molar refractivity (Wildman–Crippen MR) is 79.4 cm³/mol. The van der Waals surface area contributed by atoms with E-state index in [4.69, 9.17) is 11.6 Å². The monoisotopic (exact) mass is 279 g/mol. The van der Waals surface area contributed by atoms with E-state index in [1.54, 1.807) is 0 Å². The number of Topliss-reactive ketones (excluding diaryl/α,β-unsaturated/α-hetero) is 1. The lowest BCUT2D eigenvalue weighted by molar-refractivity contribution is -0.124. The quantitative estimate of drug-likeness (QED) is 0.814. The van der Waals surface area contributed by atoms with Crippen molar-refractivity contribution in [3.05, 3.63) is 34.9 Å².